The summed E-state index contributed by atoms with van der Waals surface area (Å²) >= 11 is 13.6. The Bertz CT molecular complexity index is 1180. The van der Waals surface area contributed by atoms with E-state index in [1.54, 1.807) is 30.5 Å². The highest BCUT2D eigenvalue weighted by Gasteiger charge is 2.14. The standard InChI is InChI=1S/C22H17Cl2N3O3S/c1-29-18-7-6-13(9-19(18)30-2)8-15(11-25)21(28)27-22-26-12-16(31-22)10-14-4-3-5-17(23)20(14)24/h3-9,12H,10H2,1-2H3,(H,26,27,28)/b15-8+. The summed E-state index contributed by atoms with van der Waals surface area (Å²) in [6, 6.07) is 12.5. The van der Waals surface area contributed by atoms with Gasteiger partial charge in [-0.2, -0.15) is 5.26 Å². The molecule has 0 saturated carbocycles. The Morgan fingerprint density at radius 2 is 2.00 bits per heavy atom. The summed E-state index contributed by atoms with van der Waals surface area (Å²) < 4.78 is 10.4. The molecule has 0 fully saturated rings. The van der Waals surface area contributed by atoms with Crippen molar-refractivity contribution in [3.63, 3.8) is 0 Å². The van der Waals surface area contributed by atoms with Crippen molar-refractivity contribution in [2.45, 2.75) is 6.42 Å². The summed E-state index contributed by atoms with van der Waals surface area (Å²) in [6.45, 7) is 0. The van der Waals surface area contributed by atoms with Gasteiger partial charge in [0, 0.05) is 17.5 Å². The van der Waals surface area contributed by atoms with Crippen LogP contribution in [0.2, 0.25) is 10.0 Å². The molecule has 0 saturated heterocycles. The summed E-state index contributed by atoms with van der Waals surface area (Å²) in [5, 5.41) is 13.5. The topological polar surface area (TPSA) is 84.2 Å². The predicted octanol–water partition coefficient (Wildman–Crippen LogP) is 5.60. The molecule has 0 aliphatic carbocycles. The van der Waals surface area contributed by atoms with E-state index in [0.29, 0.717) is 38.7 Å². The quantitative estimate of drug-likeness (QED) is 0.356. The van der Waals surface area contributed by atoms with Gasteiger partial charge in [0.05, 0.1) is 24.3 Å². The maximum atomic E-state index is 12.6. The number of nitrogens with one attached hydrogen (secondary N) is 1. The number of thiazole rings is 1. The first-order valence-electron chi connectivity index (χ1n) is 8.98. The molecule has 3 rings (SSSR count). The van der Waals surface area contributed by atoms with Crippen LogP contribution in [0.3, 0.4) is 0 Å². The minimum absolute atomic E-state index is 0.0677. The largest absolute Gasteiger partial charge is 0.493 e. The second-order valence-corrected chi connectivity index (χ2v) is 8.16. The summed E-state index contributed by atoms with van der Waals surface area (Å²) in [5.74, 6) is 0.495. The molecular weight excluding hydrogens is 457 g/mol. The van der Waals surface area contributed by atoms with Gasteiger partial charge >= 0.3 is 0 Å². The molecule has 0 spiro atoms. The summed E-state index contributed by atoms with van der Waals surface area (Å²) in [4.78, 5) is 17.7. The van der Waals surface area contributed by atoms with Crippen LogP contribution in [-0.4, -0.2) is 25.1 Å². The maximum Gasteiger partial charge on any atom is 0.268 e. The molecule has 158 valence electrons. The number of benzene rings is 2. The molecule has 1 amide bonds. The lowest BCUT2D eigenvalue weighted by Gasteiger charge is -2.08. The van der Waals surface area contributed by atoms with Gasteiger partial charge in [-0.15, -0.1) is 11.3 Å². The molecule has 0 aliphatic heterocycles. The van der Waals surface area contributed by atoms with E-state index in [1.165, 1.54) is 31.6 Å². The zero-order valence-electron chi connectivity index (χ0n) is 16.6. The number of nitriles is 1. The number of rotatable bonds is 7. The van der Waals surface area contributed by atoms with E-state index < -0.39 is 5.91 Å². The number of hydrogen-bond acceptors (Lipinski definition) is 6. The Morgan fingerprint density at radius 3 is 2.71 bits per heavy atom. The third kappa shape index (κ3) is 5.56. The molecule has 6 nitrogen and oxygen atoms in total. The van der Waals surface area contributed by atoms with Crippen molar-refractivity contribution >= 4 is 51.7 Å². The highest BCUT2D eigenvalue weighted by Crippen LogP contribution is 2.30. The second-order valence-electron chi connectivity index (χ2n) is 6.26. The second kappa shape index (κ2) is 10.3. The number of carbonyl (C=O) groups excluding carboxylic acids is 1. The zero-order chi connectivity index (χ0) is 22.4. The average molecular weight is 474 g/mol. The maximum absolute atomic E-state index is 12.6. The fraction of sp³-hybridized carbons (Fsp3) is 0.136. The Kier molecular flexibility index (Phi) is 7.53. The van der Waals surface area contributed by atoms with Crippen molar-refractivity contribution in [2.75, 3.05) is 19.5 Å². The van der Waals surface area contributed by atoms with Gasteiger partial charge in [0.25, 0.3) is 5.91 Å². The first-order chi connectivity index (χ1) is 14.9. The van der Waals surface area contributed by atoms with Gasteiger partial charge < -0.3 is 9.47 Å². The summed E-state index contributed by atoms with van der Waals surface area (Å²) in [6.07, 6.45) is 3.65. The summed E-state index contributed by atoms with van der Waals surface area (Å²) in [7, 11) is 3.05. The smallest absolute Gasteiger partial charge is 0.268 e. The van der Waals surface area contributed by atoms with Gasteiger partial charge in [0.2, 0.25) is 0 Å². The molecule has 9 heteroatoms. The van der Waals surface area contributed by atoms with E-state index in [4.69, 9.17) is 32.7 Å². The van der Waals surface area contributed by atoms with E-state index in [-0.39, 0.29) is 5.57 Å². The third-order valence-electron chi connectivity index (χ3n) is 4.25. The lowest BCUT2D eigenvalue weighted by atomic mass is 10.1. The van der Waals surface area contributed by atoms with Crippen LogP contribution in [0.5, 0.6) is 11.5 Å². The molecule has 31 heavy (non-hydrogen) atoms. The van der Waals surface area contributed by atoms with E-state index in [1.807, 2.05) is 18.2 Å². The normalized spacial score (nSPS) is 11.0. The predicted molar refractivity (Wildman–Crippen MR) is 123 cm³/mol. The number of anilines is 1. The van der Waals surface area contributed by atoms with Crippen LogP contribution in [0, 0.1) is 11.3 Å². The molecule has 2 aromatic carbocycles. The molecule has 0 aliphatic rings. The third-order valence-corrected chi connectivity index (χ3v) is 6.02. The van der Waals surface area contributed by atoms with Gasteiger partial charge in [0.1, 0.15) is 11.6 Å². The fourth-order valence-corrected chi connectivity index (χ4v) is 3.96. The lowest BCUT2D eigenvalue weighted by molar-refractivity contribution is -0.112. The van der Waals surface area contributed by atoms with Crippen molar-refractivity contribution in [3.8, 4) is 17.6 Å². The number of amides is 1. The van der Waals surface area contributed by atoms with Crippen LogP contribution in [0.1, 0.15) is 16.0 Å². The fourth-order valence-electron chi connectivity index (χ4n) is 2.74. The Hall–Kier alpha value is -3.05. The Balaban J connectivity index is 1.74. The molecule has 1 N–H and O–H groups in total. The summed E-state index contributed by atoms with van der Waals surface area (Å²) in [5.41, 5.74) is 1.42. The number of halogens is 2. The van der Waals surface area contributed by atoms with Gasteiger partial charge in [-0.3, -0.25) is 10.1 Å². The van der Waals surface area contributed by atoms with Gasteiger partial charge in [-0.05, 0) is 35.4 Å². The number of ether oxygens (including phenoxy) is 2. The first-order valence-corrected chi connectivity index (χ1v) is 10.5. The van der Waals surface area contributed by atoms with Crippen LogP contribution < -0.4 is 14.8 Å². The van der Waals surface area contributed by atoms with Crippen LogP contribution >= 0.6 is 34.5 Å². The van der Waals surface area contributed by atoms with Crippen molar-refractivity contribution < 1.29 is 14.3 Å². The van der Waals surface area contributed by atoms with Gasteiger partial charge in [-0.25, -0.2) is 4.98 Å². The molecular formula is C22H17Cl2N3O3S. The average Bonchev–Trinajstić information content (AvgIpc) is 3.21. The number of nitrogens with zero attached hydrogens (tertiary/aromatic N) is 2. The van der Waals surface area contributed by atoms with Crippen molar-refractivity contribution in [1.82, 2.24) is 4.98 Å². The monoisotopic (exact) mass is 473 g/mol. The molecule has 0 unspecified atom stereocenters. The Morgan fingerprint density at radius 1 is 1.23 bits per heavy atom. The molecule has 1 aromatic heterocycles. The van der Waals surface area contributed by atoms with Crippen LogP contribution in [0.4, 0.5) is 5.13 Å². The molecule has 0 radical (unpaired) electrons. The van der Waals surface area contributed by atoms with Crippen molar-refractivity contribution in [2.24, 2.45) is 0 Å². The highest BCUT2D eigenvalue weighted by molar-refractivity contribution is 7.15. The zero-order valence-corrected chi connectivity index (χ0v) is 18.9. The minimum atomic E-state index is -0.557. The highest BCUT2D eigenvalue weighted by atomic mass is 35.5. The number of hydrogen-bond donors (Lipinski definition) is 1. The van der Waals surface area contributed by atoms with Gasteiger partial charge in [-0.1, -0.05) is 41.4 Å². The van der Waals surface area contributed by atoms with Gasteiger partial charge in [0.15, 0.2) is 16.6 Å². The molecule has 1 heterocycles. The van der Waals surface area contributed by atoms with E-state index >= 15 is 0 Å². The van der Waals surface area contributed by atoms with Crippen molar-refractivity contribution in [1.29, 1.82) is 5.26 Å². The lowest BCUT2D eigenvalue weighted by Crippen LogP contribution is -2.13. The molecule has 0 bridgehead atoms. The first kappa shape index (κ1) is 22.6. The van der Waals surface area contributed by atoms with E-state index in [0.717, 1.165) is 10.4 Å². The SMILES string of the molecule is COc1ccc(/C=C(\C#N)C(=O)Nc2ncc(Cc3cccc(Cl)c3Cl)s2)cc1OC. The van der Waals surface area contributed by atoms with E-state index in [2.05, 4.69) is 10.3 Å². The Labute approximate surface area is 193 Å². The number of carbonyl (C=O) groups is 1. The number of aromatic nitrogens is 1. The van der Waals surface area contributed by atoms with Crippen LogP contribution in [-0.2, 0) is 11.2 Å². The minimum Gasteiger partial charge on any atom is -0.493 e. The number of methoxy groups -OCH3 is 2. The molecule has 0 atom stereocenters. The molecule has 3 aromatic rings. The van der Waals surface area contributed by atoms with Crippen LogP contribution in [0.25, 0.3) is 6.08 Å². The van der Waals surface area contributed by atoms with Crippen molar-refractivity contribution in [3.05, 3.63) is 74.2 Å². The van der Waals surface area contributed by atoms with E-state index in [9.17, 15) is 10.1 Å². The van der Waals surface area contributed by atoms with Crippen LogP contribution in [0.15, 0.2) is 48.2 Å².